The smallest absolute Gasteiger partial charge is 0.150 e. The van der Waals surface area contributed by atoms with Gasteiger partial charge in [0.05, 0.1) is 28.8 Å². The summed E-state index contributed by atoms with van der Waals surface area (Å²) in [4.78, 5) is 0. The van der Waals surface area contributed by atoms with E-state index in [0.717, 1.165) is 0 Å². The van der Waals surface area contributed by atoms with Crippen LogP contribution in [0.5, 0.6) is 0 Å². The Morgan fingerprint density at radius 2 is 2.12 bits per heavy atom. The van der Waals surface area contributed by atoms with Crippen LogP contribution in [0.15, 0.2) is 6.20 Å². The number of nitrogen functional groups attached to an aromatic ring is 1. The van der Waals surface area contributed by atoms with E-state index in [-0.39, 0.29) is 23.4 Å². The fraction of sp³-hybridized carbons (Fsp3) is 0.600. The van der Waals surface area contributed by atoms with E-state index < -0.39 is 9.84 Å². The molecule has 1 aromatic rings. The molecule has 0 bridgehead atoms. The molecule has 1 saturated heterocycles. The Kier molecular flexibility index (Phi) is 2.94. The molecule has 0 saturated carbocycles. The zero-order chi connectivity index (χ0) is 12.6. The summed E-state index contributed by atoms with van der Waals surface area (Å²) in [6.07, 6.45) is 2.90. The Morgan fingerprint density at radius 3 is 2.59 bits per heavy atom. The van der Waals surface area contributed by atoms with E-state index >= 15 is 0 Å². The second-order valence-electron chi connectivity index (χ2n) is 4.40. The molecule has 2 heterocycles. The molecule has 0 aliphatic carbocycles. The topological polar surface area (TPSA) is 102 Å². The number of amidine groups is 1. The van der Waals surface area contributed by atoms with Crippen LogP contribution in [0.4, 0.5) is 0 Å². The fourth-order valence-corrected chi connectivity index (χ4v) is 3.54. The first-order valence-corrected chi connectivity index (χ1v) is 7.32. The Balaban J connectivity index is 2.19. The molecule has 0 aromatic carbocycles. The molecule has 1 aromatic heterocycles. The number of nitrogens with one attached hydrogen (secondary N) is 1. The number of aryl methyl sites for hydroxylation is 1. The maximum absolute atomic E-state index is 11.3. The zero-order valence-corrected chi connectivity index (χ0v) is 10.5. The number of rotatable bonds is 2. The first-order valence-electron chi connectivity index (χ1n) is 5.49. The molecule has 7 heteroatoms. The first kappa shape index (κ1) is 12.1. The molecule has 6 nitrogen and oxygen atoms in total. The number of hydrogen-bond acceptors (Lipinski definition) is 4. The summed E-state index contributed by atoms with van der Waals surface area (Å²) >= 11 is 0. The highest BCUT2D eigenvalue weighted by Gasteiger charge is 2.25. The second kappa shape index (κ2) is 4.14. The lowest BCUT2D eigenvalue weighted by Gasteiger charge is -2.22. The molecule has 0 atom stereocenters. The zero-order valence-electron chi connectivity index (χ0n) is 9.68. The monoisotopic (exact) mass is 256 g/mol. The lowest BCUT2D eigenvalue weighted by molar-refractivity contribution is 0.412. The number of nitrogens with zero attached hydrogens (tertiary/aromatic N) is 2. The highest BCUT2D eigenvalue weighted by Crippen LogP contribution is 2.24. The van der Waals surface area contributed by atoms with Gasteiger partial charge in [-0.2, -0.15) is 5.10 Å². The molecular weight excluding hydrogens is 240 g/mol. The maximum Gasteiger partial charge on any atom is 0.150 e. The van der Waals surface area contributed by atoms with Crippen molar-refractivity contribution in [2.75, 3.05) is 11.5 Å². The van der Waals surface area contributed by atoms with Crippen molar-refractivity contribution >= 4 is 15.7 Å². The SMILES string of the molecule is Cc1nn(C2CCS(=O)(=O)CC2)cc1C(=N)N. The second-order valence-corrected chi connectivity index (χ2v) is 6.71. The third-order valence-electron chi connectivity index (χ3n) is 3.11. The van der Waals surface area contributed by atoms with Crippen LogP contribution in [-0.2, 0) is 9.84 Å². The van der Waals surface area contributed by atoms with Crippen molar-refractivity contribution in [3.8, 4) is 0 Å². The van der Waals surface area contributed by atoms with Gasteiger partial charge in [0.2, 0.25) is 0 Å². The Bertz CT molecular complexity index is 533. The van der Waals surface area contributed by atoms with Crippen LogP contribution in [0.1, 0.15) is 30.1 Å². The van der Waals surface area contributed by atoms with Crippen LogP contribution in [0.2, 0.25) is 0 Å². The van der Waals surface area contributed by atoms with E-state index in [1.165, 1.54) is 0 Å². The number of hydrogen-bond donors (Lipinski definition) is 2. The van der Waals surface area contributed by atoms with E-state index in [9.17, 15) is 8.42 Å². The van der Waals surface area contributed by atoms with E-state index in [0.29, 0.717) is 24.1 Å². The van der Waals surface area contributed by atoms with Crippen LogP contribution >= 0.6 is 0 Å². The van der Waals surface area contributed by atoms with Crippen molar-refractivity contribution < 1.29 is 8.42 Å². The van der Waals surface area contributed by atoms with Gasteiger partial charge in [-0.05, 0) is 19.8 Å². The van der Waals surface area contributed by atoms with E-state index in [1.807, 2.05) is 0 Å². The van der Waals surface area contributed by atoms with Gasteiger partial charge in [0, 0.05) is 6.20 Å². The van der Waals surface area contributed by atoms with Crippen molar-refractivity contribution in [3.63, 3.8) is 0 Å². The average molecular weight is 256 g/mol. The number of sulfone groups is 1. The number of nitrogens with two attached hydrogens (primary N) is 1. The maximum atomic E-state index is 11.3. The molecule has 0 unspecified atom stereocenters. The molecule has 1 fully saturated rings. The Hall–Kier alpha value is -1.37. The van der Waals surface area contributed by atoms with Crippen molar-refractivity contribution in [2.24, 2.45) is 5.73 Å². The molecule has 1 aliphatic heterocycles. The van der Waals surface area contributed by atoms with Gasteiger partial charge in [-0.3, -0.25) is 10.1 Å². The predicted molar refractivity (Wildman–Crippen MR) is 64.9 cm³/mol. The fourth-order valence-electron chi connectivity index (χ4n) is 2.08. The molecular formula is C10H16N4O2S. The van der Waals surface area contributed by atoms with Crippen molar-refractivity contribution in [1.82, 2.24) is 9.78 Å². The summed E-state index contributed by atoms with van der Waals surface area (Å²) in [6, 6.07) is 0.102. The quantitative estimate of drug-likeness (QED) is 0.584. The van der Waals surface area contributed by atoms with Gasteiger partial charge >= 0.3 is 0 Å². The van der Waals surface area contributed by atoms with Crippen LogP contribution in [0.3, 0.4) is 0 Å². The van der Waals surface area contributed by atoms with Gasteiger partial charge in [0.15, 0.2) is 0 Å². The molecule has 0 spiro atoms. The normalized spacial score (nSPS) is 20.3. The summed E-state index contributed by atoms with van der Waals surface area (Å²) < 4.78 is 24.4. The third-order valence-corrected chi connectivity index (χ3v) is 4.82. The molecule has 0 radical (unpaired) electrons. The van der Waals surface area contributed by atoms with E-state index in [1.54, 1.807) is 17.8 Å². The van der Waals surface area contributed by atoms with Crippen LogP contribution in [0.25, 0.3) is 0 Å². The Labute approximate surface area is 100 Å². The summed E-state index contributed by atoms with van der Waals surface area (Å²) in [5.74, 6) is 0.426. The van der Waals surface area contributed by atoms with Crippen LogP contribution in [-0.4, -0.2) is 35.5 Å². The molecule has 17 heavy (non-hydrogen) atoms. The van der Waals surface area contributed by atoms with Crippen molar-refractivity contribution in [1.29, 1.82) is 5.41 Å². The van der Waals surface area contributed by atoms with Gasteiger partial charge in [0.25, 0.3) is 0 Å². The molecule has 3 N–H and O–H groups in total. The standard InChI is InChI=1S/C10H16N4O2S/c1-7-9(10(11)12)6-14(13-7)8-2-4-17(15,16)5-3-8/h6,8H,2-5H2,1H3,(H3,11,12). The van der Waals surface area contributed by atoms with Gasteiger partial charge in [0.1, 0.15) is 15.7 Å². The largest absolute Gasteiger partial charge is 0.384 e. The number of aromatic nitrogens is 2. The van der Waals surface area contributed by atoms with Gasteiger partial charge in [-0.25, -0.2) is 8.42 Å². The highest BCUT2D eigenvalue weighted by molar-refractivity contribution is 7.91. The van der Waals surface area contributed by atoms with Gasteiger partial charge < -0.3 is 5.73 Å². The molecule has 1 aliphatic rings. The first-order chi connectivity index (χ1) is 7.89. The van der Waals surface area contributed by atoms with E-state index in [4.69, 9.17) is 11.1 Å². The predicted octanol–water partition coefficient (Wildman–Crippen LogP) is 0.225. The third kappa shape index (κ3) is 2.49. The van der Waals surface area contributed by atoms with E-state index in [2.05, 4.69) is 5.10 Å². The Morgan fingerprint density at radius 1 is 1.53 bits per heavy atom. The van der Waals surface area contributed by atoms with Gasteiger partial charge in [-0.15, -0.1) is 0 Å². The minimum absolute atomic E-state index is 0.00261. The minimum Gasteiger partial charge on any atom is -0.384 e. The lowest BCUT2D eigenvalue weighted by atomic mass is 10.1. The minimum atomic E-state index is -2.85. The molecule has 2 rings (SSSR count). The summed E-state index contributed by atoms with van der Waals surface area (Å²) in [5.41, 5.74) is 6.77. The molecule has 94 valence electrons. The molecule has 0 amide bonds. The van der Waals surface area contributed by atoms with Crippen LogP contribution < -0.4 is 5.73 Å². The van der Waals surface area contributed by atoms with Gasteiger partial charge in [-0.1, -0.05) is 0 Å². The van der Waals surface area contributed by atoms with Crippen molar-refractivity contribution in [3.05, 3.63) is 17.5 Å². The average Bonchev–Trinajstić information content (AvgIpc) is 2.60. The van der Waals surface area contributed by atoms with Crippen molar-refractivity contribution in [2.45, 2.75) is 25.8 Å². The van der Waals surface area contributed by atoms with Crippen LogP contribution in [0, 0.1) is 12.3 Å². The lowest BCUT2D eigenvalue weighted by Crippen LogP contribution is -2.25. The highest BCUT2D eigenvalue weighted by atomic mass is 32.2. The summed E-state index contributed by atoms with van der Waals surface area (Å²) in [5, 5.41) is 11.7. The summed E-state index contributed by atoms with van der Waals surface area (Å²) in [7, 11) is -2.85. The summed E-state index contributed by atoms with van der Waals surface area (Å²) in [6.45, 7) is 1.80.